The van der Waals surface area contributed by atoms with Crippen LogP contribution in [0.2, 0.25) is 0 Å². The molecule has 0 bridgehead atoms. The van der Waals surface area contributed by atoms with E-state index in [1.54, 1.807) is 16.8 Å². The van der Waals surface area contributed by atoms with Crippen LogP contribution >= 0.6 is 11.3 Å². The summed E-state index contributed by atoms with van der Waals surface area (Å²) in [5.41, 5.74) is 2.38. The van der Waals surface area contributed by atoms with Crippen molar-refractivity contribution in [1.82, 2.24) is 19.2 Å². The summed E-state index contributed by atoms with van der Waals surface area (Å²) in [4.78, 5) is 19.4. The van der Waals surface area contributed by atoms with Crippen LogP contribution in [-0.4, -0.2) is 41.9 Å². The number of rotatable bonds is 7. The fraction of sp³-hybridized carbons (Fsp3) is 0.364. The lowest BCUT2D eigenvalue weighted by atomic mass is 10.1. The van der Waals surface area contributed by atoms with E-state index in [9.17, 15) is 13.2 Å². The Balaban J connectivity index is 1.60. The Morgan fingerprint density at radius 3 is 2.58 bits per heavy atom. The summed E-state index contributed by atoms with van der Waals surface area (Å²) in [6.45, 7) is 3.71. The molecule has 0 aliphatic carbocycles. The van der Waals surface area contributed by atoms with Gasteiger partial charge in [0.1, 0.15) is 16.4 Å². The Labute approximate surface area is 186 Å². The highest BCUT2D eigenvalue weighted by Gasteiger charge is 2.23. The standard InChI is InChI=1S/C22H26N4O3S2/c1-17-16-30-22(24-17)20-12-19(31(28,29)23-13-18-8-4-2-5-9-18)14-26(20)15-21(27)25-10-6-3-7-11-25/h2,4-5,8-9,12,14,16,23H,3,6-7,10-11,13,15H2,1H3. The Morgan fingerprint density at radius 2 is 1.90 bits per heavy atom. The summed E-state index contributed by atoms with van der Waals surface area (Å²) < 4.78 is 30.3. The van der Waals surface area contributed by atoms with Crippen molar-refractivity contribution in [2.45, 2.75) is 44.2 Å². The van der Waals surface area contributed by atoms with Crippen molar-refractivity contribution >= 4 is 27.3 Å². The summed E-state index contributed by atoms with van der Waals surface area (Å²) in [5, 5.41) is 2.62. The second-order valence-corrected chi connectivity index (χ2v) is 10.4. The van der Waals surface area contributed by atoms with Gasteiger partial charge in [0, 0.05) is 36.9 Å². The molecular formula is C22H26N4O3S2. The van der Waals surface area contributed by atoms with Gasteiger partial charge in [-0.1, -0.05) is 30.3 Å². The first-order valence-electron chi connectivity index (χ1n) is 10.4. The van der Waals surface area contributed by atoms with Gasteiger partial charge in [-0.15, -0.1) is 11.3 Å². The molecule has 0 atom stereocenters. The second-order valence-electron chi connectivity index (χ2n) is 7.73. The average molecular weight is 459 g/mol. The lowest BCUT2D eigenvalue weighted by Crippen LogP contribution is -2.37. The van der Waals surface area contributed by atoms with Crippen LogP contribution in [0.4, 0.5) is 0 Å². The quantitative estimate of drug-likeness (QED) is 0.588. The SMILES string of the molecule is Cc1csc(-c2cc(S(=O)(=O)NCc3ccccc3)cn2CC(=O)N2CCCCC2)n1. The van der Waals surface area contributed by atoms with Crippen molar-refractivity contribution in [2.75, 3.05) is 13.1 Å². The molecule has 1 saturated heterocycles. The van der Waals surface area contributed by atoms with Crippen molar-refractivity contribution in [1.29, 1.82) is 0 Å². The van der Waals surface area contributed by atoms with Gasteiger partial charge in [0.15, 0.2) is 0 Å². The van der Waals surface area contributed by atoms with Gasteiger partial charge in [0.05, 0.1) is 5.69 Å². The Morgan fingerprint density at radius 1 is 1.16 bits per heavy atom. The maximum Gasteiger partial charge on any atom is 0.242 e. The zero-order valence-electron chi connectivity index (χ0n) is 17.5. The number of thiazole rings is 1. The number of sulfonamides is 1. The molecule has 0 spiro atoms. The molecule has 1 N–H and O–H groups in total. The normalized spacial score (nSPS) is 14.7. The first-order valence-corrected chi connectivity index (χ1v) is 12.7. The molecule has 3 heterocycles. The highest BCUT2D eigenvalue weighted by atomic mass is 32.2. The summed E-state index contributed by atoms with van der Waals surface area (Å²) in [7, 11) is -3.74. The molecule has 1 aliphatic rings. The number of piperidine rings is 1. The second kappa shape index (κ2) is 9.33. The van der Waals surface area contributed by atoms with Gasteiger partial charge in [-0.05, 0) is 37.8 Å². The fourth-order valence-electron chi connectivity index (χ4n) is 3.66. The molecular weight excluding hydrogens is 432 g/mol. The molecule has 164 valence electrons. The third-order valence-electron chi connectivity index (χ3n) is 5.34. The topological polar surface area (TPSA) is 84.3 Å². The maximum atomic E-state index is 13.0. The van der Waals surface area contributed by atoms with Crippen LogP contribution in [0.1, 0.15) is 30.5 Å². The summed E-state index contributed by atoms with van der Waals surface area (Å²) in [6.07, 6.45) is 4.71. The third-order valence-corrected chi connectivity index (χ3v) is 7.69. The monoisotopic (exact) mass is 458 g/mol. The molecule has 1 aromatic carbocycles. The first-order chi connectivity index (χ1) is 14.9. The van der Waals surface area contributed by atoms with Gasteiger partial charge < -0.3 is 9.47 Å². The highest BCUT2D eigenvalue weighted by molar-refractivity contribution is 7.89. The predicted octanol–water partition coefficient (Wildman–Crippen LogP) is 3.41. The van der Waals surface area contributed by atoms with E-state index in [0.29, 0.717) is 10.7 Å². The van der Waals surface area contributed by atoms with Crippen molar-refractivity contribution in [3.05, 3.63) is 59.2 Å². The van der Waals surface area contributed by atoms with Crippen LogP contribution in [0.15, 0.2) is 52.9 Å². The number of benzene rings is 1. The minimum Gasteiger partial charge on any atom is -0.341 e. The van der Waals surface area contributed by atoms with Crippen molar-refractivity contribution in [3.63, 3.8) is 0 Å². The largest absolute Gasteiger partial charge is 0.341 e. The van der Waals surface area contributed by atoms with Crippen LogP contribution < -0.4 is 4.72 Å². The Hall–Kier alpha value is -2.49. The number of nitrogens with zero attached hydrogens (tertiary/aromatic N) is 3. The van der Waals surface area contributed by atoms with Gasteiger partial charge in [-0.3, -0.25) is 4.79 Å². The molecule has 0 saturated carbocycles. The van der Waals surface area contributed by atoms with Gasteiger partial charge >= 0.3 is 0 Å². The van der Waals surface area contributed by atoms with Gasteiger partial charge in [0.2, 0.25) is 15.9 Å². The van der Waals surface area contributed by atoms with Crippen LogP contribution in [0.5, 0.6) is 0 Å². The van der Waals surface area contributed by atoms with Crippen molar-refractivity contribution < 1.29 is 13.2 Å². The molecule has 3 aromatic rings. The molecule has 1 aliphatic heterocycles. The number of likely N-dealkylation sites (tertiary alicyclic amines) is 1. The molecule has 7 nitrogen and oxygen atoms in total. The average Bonchev–Trinajstić information content (AvgIpc) is 3.40. The number of hydrogen-bond donors (Lipinski definition) is 1. The molecule has 1 fully saturated rings. The van der Waals surface area contributed by atoms with Crippen molar-refractivity contribution in [3.8, 4) is 10.7 Å². The van der Waals surface area contributed by atoms with Crippen LogP contribution in [0, 0.1) is 6.92 Å². The number of carbonyl (C=O) groups is 1. The minimum atomic E-state index is -3.74. The Bertz CT molecular complexity index is 1150. The number of nitrogens with one attached hydrogen (secondary N) is 1. The number of hydrogen-bond acceptors (Lipinski definition) is 5. The van der Waals surface area contributed by atoms with E-state index < -0.39 is 10.0 Å². The molecule has 9 heteroatoms. The molecule has 2 aromatic heterocycles. The van der Waals surface area contributed by atoms with Crippen LogP contribution in [-0.2, 0) is 27.9 Å². The van der Waals surface area contributed by atoms with E-state index >= 15 is 0 Å². The molecule has 4 rings (SSSR count). The summed E-state index contributed by atoms with van der Waals surface area (Å²) in [5.74, 6) is 0.00557. The smallest absolute Gasteiger partial charge is 0.242 e. The van der Waals surface area contributed by atoms with E-state index in [-0.39, 0.29) is 23.9 Å². The number of aromatic nitrogens is 2. The molecule has 1 amide bonds. The van der Waals surface area contributed by atoms with Crippen LogP contribution in [0.25, 0.3) is 10.7 Å². The first kappa shape index (κ1) is 21.7. The van der Waals surface area contributed by atoms with E-state index in [2.05, 4.69) is 9.71 Å². The summed E-state index contributed by atoms with van der Waals surface area (Å²) in [6, 6.07) is 11.0. The lowest BCUT2D eigenvalue weighted by Gasteiger charge is -2.27. The summed E-state index contributed by atoms with van der Waals surface area (Å²) >= 11 is 1.44. The van der Waals surface area contributed by atoms with E-state index in [1.165, 1.54) is 11.3 Å². The Kier molecular flexibility index (Phi) is 6.54. The highest BCUT2D eigenvalue weighted by Crippen LogP contribution is 2.28. The van der Waals surface area contributed by atoms with E-state index in [1.807, 2.05) is 47.5 Å². The van der Waals surface area contributed by atoms with Gasteiger partial charge in [-0.25, -0.2) is 18.1 Å². The van der Waals surface area contributed by atoms with Crippen LogP contribution in [0.3, 0.4) is 0 Å². The number of carbonyl (C=O) groups excluding carboxylic acids is 1. The lowest BCUT2D eigenvalue weighted by molar-refractivity contribution is -0.132. The third kappa shape index (κ3) is 5.23. The van der Waals surface area contributed by atoms with Crippen molar-refractivity contribution in [2.24, 2.45) is 0 Å². The van der Waals surface area contributed by atoms with E-state index in [0.717, 1.165) is 43.6 Å². The van der Waals surface area contributed by atoms with Gasteiger partial charge in [-0.2, -0.15) is 0 Å². The molecule has 0 radical (unpaired) electrons. The van der Waals surface area contributed by atoms with Gasteiger partial charge in [0.25, 0.3) is 0 Å². The molecule has 0 unspecified atom stereocenters. The minimum absolute atomic E-state index is 0.00557. The number of aryl methyl sites for hydroxylation is 1. The molecule has 31 heavy (non-hydrogen) atoms. The fourth-order valence-corrected chi connectivity index (χ4v) is 5.54. The number of amides is 1. The van der Waals surface area contributed by atoms with E-state index in [4.69, 9.17) is 0 Å². The maximum absolute atomic E-state index is 13.0. The zero-order valence-corrected chi connectivity index (χ0v) is 19.1. The predicted molar refractivity (Wildman–Crippen MR) is 121 cm³/mol. The zero-order chi connectivity index (χ0) is 21.8.